The number of hydrogen-bond acceptors (Lipinski definition) is 1. The zero-order valence-electron chi connectivity index (χ0n) is 7.36. The van der Waals surface area contributed by atoms with Gasteiger partial charge in [0.05, 0.1) is 0 Å². The zero-order valence-corrected chi connectivity index (χ0v) is 8.94. The van der Waals surface area contributed by atoms with Crippen LogP contribution in [0, 0.1) is 0 Å². The summed E-state index contributed by atoms with van der Waals surface area (Å²) in [4.78, 5) is 11.4. The first-order chi connectivity index (χ1) is 5.07. The molecule has 0 bridgehead atoms. The molecule has 1 N–H and O–H groups in total. The molecule has 1 unspecified atom stereocenters. The molecule has 2 atom stereocenters. The molecule has 11 heavy (non-hydrogen) atoms. The largest absolute Gasteiger partial charge is 0.353 e. The van der Waals surface area contributed by atoms with Crippen LogP contribution in [0.4, 0.5) is 0 Å². The number of carbonyl (C=O) groups is 1. The molecule has 3 heteroatoms. The monoisotopic (exact) mass is 221 g/mol. The fourth-order valence-electron chi connectivity index (χ4n) is 0.668. The Balaban J connectivity index is 3.57. The molecule has 66 valence electrons. The minimum Gasteiger partial charge on any atom is -0.353 e. The molecule has 0 aromatic heterocycles. The van der Waals surface area contributed by atoms with Crippen LogP contribution in [-0.2, 0) is 4.79 Å². The van der Waals surface area contributed by atoms with Crippen LogP contribution in [0.5, 0.6) is 0 Å². The average molecular weight is 222 g/mol. The van der Waals surface area contributed by atoms with Crippen molar-refractivity contribution in [3.8, 4) is 0 Å². The molecular weight excluding hydrogens is 206 g/mol. The van der Waals surface area contributed by atoms with E-state index in [1.54, 1.807) is 0 Å². The van der Waals surface area contributed by atoms with Gasteiger partial charge in [-0.05, 0) is 13.3 Å². The standard InChI is InChI=1S/C8H16BrNO/c1-4-5-8(11)10-7(3)6(2)9/h6-7H,4-5H2,1-3H3,(H,10,11)/t6?,7-/m0/s1. The van der Waals surface area contributed by atoms with Gasteiger partial charge in [0.25, 0.3) is 0 Å². The van der Waals surface area contributed by atoms with E-state index >= 15 is 0 Å². The Kier molecular flexibility index (Phi) is 5.56. The van der Waals surface area contributed by atoms with Crippen LogP contribution >= 0.6 is 15.9 Å². The average Bonchev–Trinajstić information content (AvgIpc) is 1.87. The van der Waals surface area contributed by atoms with Crippen LogP contribution < -0.4 is 5.32 Å². The molecule has 0 saturated carbocycles. The normalized spacial score (nSPS) is 15.6. The van der Waals surface area contributed by atoms with Crippen LogP contribution in [0.15, 0.2) is 0 Å². The lowest BCUT2D eigenvalue weighted by molar-refractivity contribution is -0.121. The second-order valence-electron chi connectivity index (χ2n) is 2.78. The van der Waals surface area contributed by atoms with Gasteiger partial charge < -0.3 is 5.32 Å². The molecule has 0 rings (SSSR count). The lowest BCUT2D eigenvalue weighted by Crippen LogP contribution is -2.37. The van der Waals surface area contributed by atoms with E-state index < -0.39 is 0 Å². The third-order valence-electron chi connectivity index (χ3n) is 1.55. The lowest BCUT2D eigenvalue weighted by Gasteiger charge is -2.15. The number of alkyl halides is 1. The number of amides is 1. The highest BCUT2D eigenvalue weighted by Gasteiger charge is 2.10. The number of rotatable bonds is 4. The van der Waals surface area contributed by atoms with Crippen molar-refractivity contribution in [2.75, 3.05) is 0 Å². The maximum absolute atomic E-state index is 11.0. The second kappa shape index (κ2) is 5.58. The molecule has 0 radical (unpaired) electrons. The number of nitrogens with one attached hydrogen (secondary N) is 1. The Morgan fingerprint density at radius 2 is 2.09 bits per heavy atom. The topological polar surface area (TPSA) is 29.1 Å². The molecule has 0 aliphatic heterocycles. The maximum Gasteiger partial charge on any atom is 0.220 e. The van der Waals surface area contributed by atoms with E-state index in [4.69, 9.17) is 0 Å². The van der Waals surface area contributed by atoms with Crippen molar-refractivity contribution >= 4 is 21.8 Å². The van der Waals surface area contributed by atoms with Crippen LogP contribution in [0.3, 0.4) is 0 Å². The molecule has 0 heterocycles. The highest BCUT2D eigenvalue weighted by Crippen LogP contribution is 2.03. The van der Waals surface area contributed by atoms with Gasteiger partial charge in [0.2, 0.25) is 5.91 Å². The fraction of sp³-hybridized carbons (Fsp3) is 0.875. The quantitative estimate of drug-likeness (QED) is 0.725. The summed E-state index contributed by atoms with van der Waals surface area (Å²) in [5.74, 6) is 0.145. The van der Waals surface area contributed by atoms with E-state index in [0.717, 1.165) is 6.42 Å². The first-order valence-electron chi connectivity index (χ1n) is 4.01. The van der Waals surface area contributed by atoms with E-state index in [-0.39, 0.29) is 11.9 Å². The SMILES string of the molecule is CCCC(=O)N[C@@H](C)C(C)Br. The van der Waals surface area contributed by atoms with E-state index in [9.17, 15) is 4.79 Å². The molecule has 0 spiro atoms. The van der Waals surface area contributed by atoms with Crippen molar-refractivity contribution in [2.24, 2.45) is 0 Å². The highest BCUT2D eigenvalue weighted by atomic mass is 79.9. The smallest absolute Gasteiger partial charge is 0.220 e. The molecule has 0 aliphatic rings. The van der Waals surface area contributed by atoms with Crippen molar-refractivity contribution in [1.29, 1.82) is 0 Å². The summed E-state index contributed by atoms with van der Waals surface area (Å²) in [5.41, 5.74) is 0. The Morgan fingerprint density at radius 3 is 2.45 bits per heavy atom. The van der Waals surface area contributed by atoms with Gasteiger partial charge in [0.15, 0.2) is 0 Å². The molecule has 0 aliphatic carbocycles. The highest BCUT2D eigenvalue weighted by molar-refractivity contribution is 9.09. The third kappa shape index (κ3) is 5.24. The predicted molar refractivity (Wildman–Crippen MR) is 50.9 cm³/mol. The van der Waals surface area contributed by atoms with E-state index in [2.05, 4.69) is 21.2 Å². The van der Waals surface area contributed by atoms with Crippen LogP contribution in [0.1, 0.15) is 33.6 Å². The van der Waals surface area contributed by atoms with Crippen LogP contribution in [0.25, 0.3) is 0 Å². The summed E-state index contributed by atoms with van der Waals surface area (Å²) in [6.45, 7) is 6.02. The summed E-state index contributed by atoms with van der Waals surface area (Å²) in [6, 6.07) is 0.217. The van der Waals surface area contributed by atoms with Crippen molar-refractivity contribution in [1.82, 2.24) is 5.32 Å². The summed E-state index contributed by atoms with van der Waals surface area (Å²) in [7, 11) is 0. The van der Waals surface area contributed by atoms with E-state index in [1.807, 2.05) is 20.8 Å². The molecule has 1 amide bonds. The van der Waals surface area contributed by atoms with Gasteiger partial charge in [-0.3, -0.25) is 4.79 Å². The van der Waals surface area contributed by atoms with Gasteiger partial charge in [-0.25, -0.2) is 0 Å². The minimum absolute atomic E-state index is 0.145. The Morgan fingerprint density at radius 1 is 1.55 bits per heavy atom. The predicted octanol–water partition coefficient (Wildman–Crippen LogP) is 2.07. The van der Waals surface area contributed by atoms with Crippen molar-refractivity contribution in [3.05, 3.63) is 0 Å². The maximum atomic E-state index is 11.0. The first kappa shape index (κ1) is 11.0. The first-order valence-corrected chi connectivity index (χ1v) is 4.93. The van der Waals surface area contributed by atoms with Crippen LogP contribution in [-0.4, -0.2) is 16.8 Å². The summed E-state index contributed by atoms with van der Waals surface area (Å²) in [6.07, 6.45) is 1.54. The number of hydrogen-bond donors (Lipinski definition) is 1. The summed E-state index contributed by atoms with van der Waals surface area (Å²) < 4.78 is 0. The number of carbonyl (C=O) groups excluding carboxylic acids is 1. The van der Waals surface area contributed by atoms with Crippen molar-refractivity contribution in [3.63, 3.8) is 0 Å². The van der Waals surface area contributed by atoms with Gasteiger partial charge in [-0.1, -0.05) is 29.8 Å². The Bertz CT molecular complexity index is 125. The molecule has 0 aromatic carbocycles. The van der Waals surface area contributed by atoms with Gasteiger partial charge in [0, 0.05) is 17.3 Å². The minimum atomic E-state index is 0.145. The summed E-state index contributed by atoms with van der Waals surface area (Å²) >= 11 is 3.40. The van der Waals surface area contributed by atoms with E-state index in [1.165, 1.54) is 0 Å². The molecule has 0 saturated heterocycles. The van der Waals surface area contributed by atoms with E-state index in [0.29, 0.717) is 11.2 Å². The molecular formula is C8H16BrNO. The Labute approximate surface area is 76.9 Å². The van der Waals surface area contributed by atoms with Crippen molar-refractivity contribution < 1.29 is 4.79 Å². The number of halogens is 1. The van der Waals surface area contributed by atoms with Gasteiger partial charge >= 0.3 is 0 Å². The molecule has 0 fully saturated rings. The van der Waals surface area contributed by atoms with Gasteiger partial charge in [-0.2, -0.15) is 0 Å². The summed E-state index contributed by atoms with van der Waals surface area (Å²) in [5, 5.41) is 2.89. The second-order valence-corrected chi connectivity index (χ2v) is 4.23. The Hall–Kier alpha value is -0.0500. The van der Waals surface area contributed by atoms with Gasteiger partial charge in [0.1, 0.15) is 0 Å². The van der Waals surface area contributed by atoms with Gasteiger partial charge in [-0.15, -0.1) is 0 Å². The third-order valence-corrected chi connectivity index (χ3v) is 2.35. The zero-order chi connectivity index (χ0) is 8.85. The lowest BCUT2D eigenvalue weighted by atomic mass is 10.2. The fourth-order valence-corrected chi connectivity index (χ4v) is 0.800. The molecule has 0 aromatic rings. The molecule has 2 nitrogen and oxygen atoms in total. The van der Waals surface area contributed by atoms with Crippen LogP contribution in [0.2, 0.25) is 0 Å². The van der Waals surface area contributed by atoms with Crippen molar-refractivity contribution in [2.45, 2.75) is 44.5 Å².